The minimum atomic E-state index is -0.452. The van der Waals surface area contributed by atoms with Crippen LogP contribution in [0.1, 0.15) is 6.42 Å². The molecule has 2 rings (SSSR count). The van der Waals surface area contributed by atoms with Gasteiger partial charge in [-0.25, -0.2) is 4.39 Å². The monoisotopic (exact) mass is 417 g/mol. The molecule has 1 aromatic rings. The standard InChI is InChI=1S/C10H7BrClFINO/c11-5-1-9(16)15(4-5)10-7(13)2-6(12)3-8(10)14/h2-3,5H,1,4H2. The first-order valence-electron chi connectivity index (χ1n) is 4.58. The molecule has 1 unspecified atom stereocenters. The van der Waals surface area contributed by atoms with Crippen LogP contribution in [0, 0.1) is 9.39 Å². The number of benzene rings is 1. The van der Waals surface area contributed by atoms with Crippen molar-refractivity contribution in [2.24, 2.45) is 0 Å². The normalized spacial score (nSPS) is 20.6. The zero-order valence-electron chi connectivity index (χ0n) is 8.01. The molecule has 16 heavy (non-hydrogen) atoms. The molecule has 0 aromatic heterocycles. The van der Waals surface area contributed by atoms with Gasteiger partial charge in [0, 0.05) is 26.4 Å². The van der Waals surface area contributed by atoms with E-state index >= 15 is 0 Å². The highest BCUT2D eigenvalue weighted by atomic mass is 127. The summed E-state index contributed by atoms with van der Waals surface area (Å²) >= 11 is 11.1. The third kappa shape index (κ3) is 2.36. The number of anilines is 1. The predicted molar refractivity (Wildman–Crippen MR) is 73.8 cm³/mol. The molecule has 0 radical (unpaired) electrons. The first-order valence-corrected chi connectivity index (χ1v) is 6.95. The van der Waals surface area contributed by atoms with Gasteiger partial charge in [-0.2, -0.15) is 0 Å². The van der Waals surface area contributed by atoms with Crippen molar-refractivity contribution in [3.05, 3.63) is 26.5 Å². The second-order valence-electron chi connectivity index (χ2n) is 3.52. The maximum absolute atomic E-state index is 13.8. The van der Waals surface area contributed by atoms with Gasteiger partial charge in [0.2, 0.25) is 5.91 Å². The molecule has 6 heteroatoms. The molecule has 0 N–H and O–H groups in total. The quantitative estimate of drug-likeness (QED) is 0.504. The molecule has 2 nitrogen and oxygen atoms in total. The number of nitrogens with zero attached hydrogens (tertiary/aromatic N) is 1. The number of amides is 1. The fourth-order valence-electron chi connectivity index (χ4n) is 1.67. The van der Waals surface area contributed by atoms with E-state index in [1.54, 1.807) is 6.07 Å². The minimum Gasteiger partial charge on any atom is -0.308 e. The second-order valence-corrected chi connectivity index (χ2v) is 6.42. The molecular formula is C10H7BrClFINO. The lowest BCUT2D eigenvalue weighted by molar-refractivity contribution is -0.117. The Balaban J connectivity index is 2.44. The highest BCUT2D eigenvalue weighted by Crippen LogP contribution is 2.33. The summed E-state index contributed by atoms with van der Waals surface area (Å²) in [4.78, 5) is 13.2. The molecule has 0 aliphatic carbocycles. The highest BCUT2D eigenvalue weighted by Gasteiger charge is 2.31. The average molecular weight is 418 g/mol. The van der Waals surface area contributed by atoms with Crippen molar-refractivity contribution in [2.45, 2.75) is 11.2 Å². The van der Waals surface area contributed by atoms with E-state index in [4.69, 9.17) is 11.6 Å². The molecule has 1 heterocycles. The van der Waals surface area contributed by atoms with Crippen LogP contribution in [0.4, 0.5) is 10.1 Å². The highest BCUT2D eigenvalue weighted by molar-refractivity contribution is 14.1. The summed E-state index contributed by atoms with van der Waals surface area (Å²) < 4.78 is 14.4. The van der Waals surface area contributed by atoms with Crippen molar-refractivity contribution in [2.75, 3.05) is 11.4 Å². The lowest BCUT2D eigenvalue weighted by Gasteiger charge is -2.18. The topological polar surface area (TPSA) is 20.3 Å². The van der Waals surface area contributed by atoms with E-state index in [0.29, 0.717) is 27.2 Å². The van der Waals surface area contributed by atoms with E-state index in [2.05, 4.69) is 15.9 Å². The van der Waals surface area contributed by atoms with Gasteiger partial charge in [0.05, 0.1) is 5.69 Å². The van der Waals surface area contributed by atoms with Crippen LogP contribution in [-0.4, -0.2) is 17.3 Å². The molecule has 0 saturated carbocycles. The van der Waals surface area contributed by atoms with Crippen LogP contribution in [0.25, 0.3) is 0 Å². The Hall–Kier alpha value is 0.120. The van der Waals surface area contributed by atoms with Gasteiger partial charge < -0.3 is 4.90 Å². The first kappa shape index (κ1) is 12.6. The molecule has 1 atom stereocenters. The smallest absolute Gasteiger partial charge is 0.228 e. The van der Waals surface area contributed by atoms with Crippen molar-refractivity contribution in [1.82, 2.24) is 0 Å². The minimum absolute atomic E-state index is 0.0685. The van der Waals surface area contributed by atoms with Gasteiger partial charge >= 0.3 is 0 Å². The van der Waals surface area contributed by atoms with Crippen molar-refractivity contribution < 1.29 is 9.18 Å². The van der Waals surface area contributed by atoms with E-state index in [1.807, 2.05) is 22.6 Å². The van der Waals surface area contributed by atoms with E-state index in [-0.39, 0.29) is 10.7 Å². The van der Waals surface area contributed by atoms with Crippen molar-refractivity contribution in [3.63, 3.8) is 0 Å². The second kappa shape index (κ2) is 4.78. The maximum atomic E-state index is 13.8. The molecule has 1 aromatic carbocycles. The summed E-state index contributed by atoms with van der Waals surface area (Å²) in [7, 11) is 0. The van der Waals surface area contributed by atoms with Crippen LogP contribution in [0.5, 0.6) is 0 Å². The van der Waals surface area contributed by atoms with Crippen LogP contribution in [0.2, 0.25) is 5.02 Å². The van der Waals surface area contributed by atoms with Gasteiger partial charge in [-0.1, -0.05) is 27.5 Å². The molecule has 1 aliphatic heterocycles. The van der Waals surface area contributed by atoms with Crippen LogP contribution < -0.4 is 4.90 Å². The number of alkyl halides is 1. The Morgan fingerprint density at radius 2 is 2.25 bits per heavy atom. The van der Waals surface area contributed by atoms with Crippen molar-refractivity contribution in [3.8, 4) is 0 Å². The summed E-state index contributed by atoms with van der Waals surface area (Å²) in [6, 6.07) is 2.88. The third-order valence-electron chi connectivity index (χ3n) is 2.33. The van der Waals surface area contributed by atoms with Crippen molar-refractivity contribution in [1.29, 1.82) is 0 Å². The van der Waals surface area contributed by atoms with Gasteiger partial charge in [-0.15, -0.1) is 0 Å². The zero-order chi connectivity index (χ0) is 11.9. The SMILES string of the molecule is O=C1CC(Br)CN1c1c(F)cc(Cl)cc1I. The number of halogens is 4. The van der Waals surface area contributed by atoms with E-state index in [9.17, 15) is 9.18 Å². The molecule has 1 fully saturated rings. The molecule has 86 valence electrons. The van der Waals surface area contributed by atoms with Gasteiger partial charge in [-0.3, -0.25) is 4.79 Å². The van der Waals surface area contributed by atoms with Gasteiger partial charge in [0.15, 0.2) is 0 Å². The predicted octanol–water partition coefficient (Wildman–Crippen LogP) is 3.58. The summed E-state index contributed by atoms with van der Waals surface area (Å²) in [5.74, 6) is -0.520. The van der Waals surface area contributed by atoms with E-state index in [1.165, 1.54) is 11.0 Å². The molecule has 0 bridgehead atoms. The van der Waals surface area contributed by atoms with E-state index < -0.39 is 5.82 Å². The molecule has 1 aliphatic rings. The largest absolute Gasteiger partial charge is 0.308 e. The maximum Gasteiger partial charge on any atom is 0.228 e. The van der Waals surface area contributed by atoms with E-state index in [0.717, 1.165) is 0 Å². The number of hydrogen-bond donors (Lipinski definition) is 0. The lowest BCUT2D eigenvalue weighted by Crippen LogP contribution is -2.26. The first-order chi connectivity index (χ1) is 7.49. The summed E-state index contributed by atoms with van der Waals surface area (Å²) in [6.45, 7) is 0.493. The van der Waals surface area contributed by atoms with Crippen LogP contribution >= 0.6 is 50.1 Å². The molecule has 0 spiro atoms. The van der Waals surface area contributed by atoms with Crippen molar-refractivity contribution >= 4 is 61.7 Å². The number of rotatable bonds is 1. The lowest BCUT2D eigenvalue weighted by atomic mass is 10.3. The third-order valence-corrected chi connectivity index (χ3v) is 3.98. The number of carbonyl (C=O) groups excluding carboxylic acids is 1. The van der Waals surface area contributed by atoms with Gasteiger partial charge in [0.25, 0.3) is 0 Å². The van der Waals surface area contributed by atoms with Gasteiger partial charge in [0.1, 0.15) is 5.82 Å². The summed E-state index contributed by atoms with van der Waals surface area (Å²) in [5, 5.41) is 0.340. The Kier molecular flexibility index (Phi) is 3.75. The Labute approximate surface area is 119 Å². The Bertz CT molecular complexity index is 433. The summed E-state index contributed by atoms with van der Waals surface area (Å²) in [5.41, 5.74) is 0.331. The Morgan fingerprint density at radius 1 is 1.56 bits per heavy atom. The van der Waals surface area contributed by atoms with Crippen LogP contribution in [0.3, 0.4) is 0 Å². The van der Waals surface area contributed by atoms with Crippen LogP contribution in [-0.2, 0) is 4.79 Å². The molecular weight excluding hydrogens is 411 g/mol. The number of hydrogen-bond acceptors (Lipinski definition) is 1. The van der Waals surface area contributed by atoms with Gasteiger partial charge in [-0.05, 0) is 34.7 Å². The average Bonchev–Trinajstić information content (AvgIpc) is 2.43. The number of carbonyl (C=O) groups is 1. The fraction of sp³-hybridized carbons (Fsp3) is 0.300. The summed E-state index contributed by atoms with van der Waals surface area (Å²) in [6.07, 6.45) is 0.401. The molecule has 1 amide bonds. The Morgan fingerprint density at radius 3 is 2.75 bits per heavy atom. The molecule has 1 saturated heterocycles. The van der Waals surface area contributed by atoms with Crippen LogP contribution in [0.15, 0.2) is 12.1 Å². The fourth-order valence-corrected chi connectivity index (χ4v) is 3.51. The zero-order valence-corrected chi connectivity index (χ0v) is 12.5.